The molecule has 0 spiro atoms. The fourth-order valence-electron chi connectivity index (χ4n) is 2.71. The average Bonchev–Trinajstić information content (AvgIpc) is 2.78. The molecule has 0 fully saturated rings. The number of amides is 1. The van der Waals surface area contributed by atoms with E-state index in [2.05, 4.69) is 10.5 Å². The number of rotatable bonds is 8. The van der Waals surface area contributed by atoms with Gasteiger partial charge < -0.3 is 0 Å². The summed E-state index contributed by atoms with van der Waals surface area (Å²) in [7, 11) is -4.13. The van der Waals surface area contributed by atoms with E-state index in [4.69, 9.17) is 11.6 Å². The van der Waals surface area contributed by atoms with Gasteiger partial charge in [-0.25, -0.2) is 13.8 Å². The molecule has 3 rings (SSSR count). The molecule has 0 bridgehead atoms. The lowest BCUT2D eigenvalue weighted by atomic mass is 10.2. The van der Waals surface area contributed by atoms with Crippen LogP contribution in [0.5, 0.6) is 0 Å². The minimum absolute atomic E-state index is 0.0337. The van der Waals surface area contributed by atoms with Gasteiger partial charge in [-0.05, 0) is 42.0 Å². The zero-order chi connectivity index (χ0) is 23.1. The fourth-order valence-corrected chi connectivity index (χ4v) is 4.35. The molecular weight excluding hydrogens is 456 g/mol. The third-order valence-corrected chi connectivity index (χ3v) is 6.24. The Morgan fingerprint density at radius 2 is 1.75 bits per heavy atom. The summed E-state index contributed by atoms with van der Waals surface area (Å²) in [5.74, 6) is -0.707. The minimum Gasteiger partial charge on any atom is -0.271 e. The van der Waals surface area contributed by atoms with Gasteiger partial charge in [-0.15, -0.1) is 0 Å². The van der Waals surface area contributed by atoms with Crippen LogP contribution in [0.15, 0.2) is 88.9 Å². The lowest BCUT2D eigenvalue weighted by Gasteiger charge is -2.23. The van der Waals surface area contributed by atoms with E-state index < -0.39 is 27.4 Å². The number of nitro groups is 1. The minimum atomic E-state index is -4.13. The van der Waals surface area contributed by atoms with E-state index in [-0.39, 0.29) is 16.3 Å². The third-order valence-electron chi connectivity index (χ3n) is 4.22. The van der Waals surface area contributed by atoms with Crippen LogP contribution in [0.3, 0.4) is 0 Å². The summed E-state index contributed by atoms with van der Waals surface area (Å²) in [6, 6.07) is 19.2. The largest absolute Gasteiger partial charge is 0.271 e. The second-order valence-corrected chi connectivity index (χ2v) is 8.75. The molecule has 0 unspecified atom stereocenters. The second-order valence-electron chi connectivity index (χ2n) is 6.45. The topological polar surface area (TPSA) is 122 Å². The van der Waals surface area contributed by atoms with E-state index >= 15 is 0 Å². The van der Waals surface area contributed by atoms with E-state index in [1.165, 1.54) is 30.5 Å². The van der Waals surface area contributed by atoms with Crippen molar-refractivity contribution in [3.63, 3.8) is 0 Å². The number of carbonyl (C=O) groups excluding carboxylic acids is 1. The number of hydrogen-bond donors (Lipinski definition) is 1. The van der Waals surface area contributed by atoms with Crippen LogP contribution in [0.2, 0.25) is 5.02 Å². The lowest BCUT2D eigenvalue weighted by Crippen LogP contribution is -2.39. The molecule has 1 N–H and O–H groups in total. The van der Waals surface area contributed by atoms with Crippen LogP contribution in [0.4, 0.5) is 11.4 Å². The summed E-state index contributed by atoms with van der Waals surface area (Å²) < 4.78 is 27.2. The molecule has 1 amide bonds. The summed E-state index contributed by atoms with van der Waals surface area (Å²) in [4.78, 5) is 22.8. The van der Waals surface area contributed by atoms with Gasteiger partial charge in [0.25, 0.3) is 21.6 Å². The SMILES string of the molecule is O=C(CN(c1ccc([N+](=O)[O-])cc1)S(=O)(=O)c1ccccc1)N/N=C\c1cccc(Cl)c1. The molecule has 3 aromatic rings. The Morgan fingerprint density at radius 1 is 1.06 bits per heavy atom. The first-order valence-corrected chi connectivity index (χ1v) is 11.0. The predicted molar refractivity (Wildman–Crippen MR) is 121 cm³/mol. The summed E-state index contributed by atoms with van der Waals surface area (Å²) in [5, 5.41) is 15.2. The van der Waals surface area contributed by atoms with Gasteiger partial charge in [-0.1, -0.05) is 41.9 Å². The normalized spacial score (nSPS) is 11.3. The van der Waals surface area contributed by atoms with Crippen molar-refractivity contribution in [2.24, 2.45) is 5.10 Å². The molecule has 0 aliphatic carbocycles. The Hall–Kier alpha value is -3.76. The van der Waals surface area contributed by atoms with Crippen molar-refractivity contribution in [2.45, 2.75) is 4.90 Å². The van der Waals surface area contributed by atoms with E-state index in [9.17, 15) is 23.3 Å². The molecule has 0 radical (unpaired) electrons. The zero-order valence-electron chi connectivity index (χ0n) is 16.5. The first-order valence-electron chi connectivity index (χ1n) is 9.17. The fraction of sp³-hybridized carbons (Fsp3) is 0.0476. The molecular formula is C21H17ClN4O5S. The maximum absolute atomic E-state index is 13.2. The quantitative estimate of drug-likeness (QED) is 0.305. The summed E-state index contributed by atoms with van der Waals surface area (Å²) >= 11 is 5.90. The van der Waals surface area contributed by atoms with Gasteiger partial charge in [0.15, 0.2) is 0 Å². The smallest absolute Gasteiger partial charge is 0.269 e. The van der Waals surface area contributed by atoms with Crippen molar-refractivity contribution >= 4 is 45.1 Å². The molecule has 0 aromatic heterocycles. The van der Waals surface area contributed by atoms with Crippen molar-refractivity contribution < 1.29 is 18.1 Å². The maximum atomic E-state index is 13.2. The molecule has 0 saturated carbocycles. The highest BCUT2D eigenvalue weighted by Gasteiger charge is 2.27. The first kappa shape index (κ1) is 22.9. The van der Waals surface area contributed by atoms with Crippen LogP contribution < -0.4 is 9.73 Å². The number of anilines is 1. The highest BCUT2D eigenvalue weighted by molar-refractivity contribution is 7.92. The van der Waals surface area contributed by atoms with E-state index in [0.29, 0.717) is 10.6 Å². The van der Waals surface area contributed by atoms with Gasteiger partial charge in [0.05, 0.1) is 21.7 Å². The number of nitrogens with zero attached hydrogens (tertiary/aromatic N) is 3. The Labute approximate surface area is 189 Å². The van der Waals surface area contributed by atoms with Crippen LogP contribution in [-0.2, 0) is 14.8 Å². The lowest BCUT2D eigenvalue weighted by molar-refractivity contribution is -0.384. The molecule has 0 saturated heterocycles. The molecule has 3 aromatic carbocycles. The van der Waals surface area contributed by atoms with Gasteiger partial charge in [-0.2, -0.15) is 5.10 Å². The number of hydrazone groups is 1. The predicted octanol–water partition coefficient (Wildman–Crippen LogP) is 3.59. The van der Waals surface area contributed by atoms with Gasteiger partial charge in [0, 0.05) is 17.2 Å². The number of halogens is 1. The van der Waals surface area contributed by atoms with Crippen molar-refractivity contribution in [3.8, 4) is 0 Å². The van der Waals surface area contributed by atoms with Crippen LogP contribution in [-0.4, -0.2) is 32.0 Å². The van der Waals surface area contributed by atoms with E-state index in [1.54, 1.807) is 42.5 Å². The molecule has 0 aliphatic rings. The molecule has 0 aliphatic heterocycles. The van der Waals surface area contributed by atoms with Crippen molar-refractivity contribution in [3.05, 3.63) is 99.6 Å². The number of hydrogen-bond acceptors (Lipinski definition) is 6. The number of benzene rings is 3. The Kier molecular flexibility index (Phi) is 7.18. The summed E-state index contributed by atoms with van der Waals surface area (Å²) in [6.45, 7) is -0.595. The Balaban J connectivity index is 1.85. The summed E-state index contributed by atoms with van der Waals surface area (Å²) in [5.41, 5.74) is 2.80. The highest BCUT2D eigenvalue weighted by atomic mass is 35.5. The van der Waals surface area contributed by atoms with Gasteiger partial charge in [0.1, 0.15) is 6.54 Å². The molecule has 164 valence electrons. The van der Waals surface area contributed by atoms with Crippen LogP contribution >= 0.6 is 11.6 Å². The first-order chi connectivity index (χ1) is 15.3. The van der Waals surface area contributed by atoms with Crippen LogP contribution in [0, 0.1) is 10.1 Å². The second kappa shape index (κ2) is 10.0. The van der Waals surface area contributed by atoms with Gasteiger partial charge in [0.2, 0.25) is 0 Å². The molecule has 0 atom stereocenters. The summed E-state index contributed by atoms with van der Waals surface area (Å²) in [6.07, 6.45) is 1.37. The standard InChI is InChI=1S/C21H17ClN4O5S/c22-17-6-4-5-16(13-17)14-23-24-21(27)15-25(18-9-11-19(12-10-18)26(28)29)32(30,31)20-7-2-1-3-8-20/h1-14H,15H2,(H,24,27)/b23-14-. The Morgan fingerprint density at radius 3 is 2.38 bits per heavy atom. The van der Waals surface area contributed by atoms with E-state index in [0.717, 1.165) is 16.4 Å². The van der Waals surface area contributed by atoms with Crippen LogP contribution in [0.25, 0.3) is 0 Å². The molecule has 32 heavy (non-hydrogen) atoms. The van der Waals surface area contributed by atoms with Crippen molar-refractivity contribution in [2.75, 3.05) is 10.8 Å². The van der Waals surface area contributed by atoms with E-state index in [1.807, 2.05) is 0 Å². The molecule has 0 heterocycles. The maximum Gasteiger partial charge on any atom is 0.269 e. The number of sulfonamides is 1. The molecule has 9 nitrogen and oxygen atoms in total. The van der Waals surface area contributed by atoms with Crippen molar-refractivity contribution in [1.82, 2.24) is 5.43 Å². The highest BCUT2D eigenvalue weighted by Crippen LogP contribution is 2.25. The monoisotopic (exact) mass is 472 g/mol. The number of nitro benzene ring substituents is 1. The van der Waals surface area contributed by atoms with Gasteiger partial charge in [-0.3, -0.25) is 19.2 Å². The number of non-ortho nitro benzene ring substituents is 1. The van der Waals surface area contributed by atoms with Crippen molar-refractivity contribution in [1.29, 1.82) is 0 Å². The average molecular weight is 473 g/mol. The zero-order valence-corrected chi connectivity index (χ0v) is 18.0. The third kappa shape index (κ3) is 5.68. The van der Waals surface area contributed by atoms with Crippen LogP contribution in [0.1, 0.15) is 5.56 Å². The number of nitrogens with one attached hydrogen (secondary N) is 1. The number of carbonyl (C=O) groups is 1. The Bertz CT molecular complexity index is 1250. The molecule has 11 heteroatoms. The van der Waals surface area contributed by atoms with Gasteiger partial charge >= 0.3 is 0 Å².